The maximum absolute atomic E-state index is 12.6. The van der Waals surface area contributed by atoms with E-state index in [0.717, 1.165) is 29.5 Å². The van der Waals surface area contributed by atoms with E-state index in [-0.39, 0.29) is 29.9 Å². The van der Waals surface area contributed by atoms with Crippen molar-refractivity contribution < 1.29 is 4.79 Å². The van der Waals surface area contributed by atoms with Gasteiger partial charge >= 0.3 is 0 Å². The first-order chi connectivity index (χ1) is 16.9. The lowest BCUT2D eigenvalue weighted by Crippen LogP contribution is -2.47. The maximum atomic E-state index is 12.6. The van der Waals surface area contributed by atoms with Crippen LogP contribution in [0, 0.1) is 5.92 Å². The molecule has 0 radical (unpaired) electrons. The Morgan fingerprint density at radius 1 is 1.09 bits per heavy atom. The van der Waals surface area contributed by atoms with Gasteiger partial charge in [0, 0.05) is 5.56 Å². The molecule has 3 rings (SSSR count). The van der Waals surface area contributed by atoms with E-state index in [1.165, 1.54) is 0 Å². The second-order valence-electron chi connectivity index (χ2n) is 8.41. The van der Waals surface area contributed by atoms with Crippen LogP contribution in [0.1, 0.15) is 90.5 Å². The highest BCUT2D eigenvalue weighted by molar-refractivity contribution is 5.99. The molecule has 2 aromatic rings. The van der Waals surface area contributed by atoms with Crippen molar-refractivity contribution in [2.24, 2.45) is 27.4 Å². The number of rotatable bonds is 8. The largest absolute Gasteiger partial charge is 0.383 e. The predicted octanol–water partition coefficient (Wildman–Crippen LogP) is 6.06. The molecule has 1 aliphatic rings. The summed E-state index contributed by atoms with van der Waals surface area (Å²) in [5.74, 6) is 1.07. The summed E-state index contributed by atoms with van der Waals surface area (Å²) in [4.78, 5) is 23.5. The van der Waals surface area contributed by atoms with Gasteiger partial charge in [-0.1, -0.05) is 103 Å². The first kappa shape index (κ1) is 29.9. The topological polar surface area (TPSA) is 97.1 Å². The third-order valence-electron chi connectivity index (χ3n) is 5.63. The molecule has 2 aromatic carbocycles. The minimum absolute atomic E-state index is 0.00493. The van der Waals surface area contributed by atoms with Gasteiger partial charge in [0.25, 0.3) is 0 Å². The molecule has 1 unspecified atom stereocenters. The highest BCUT2D eigenvalue weighted by Crippen LogP contribution is 2.24. The molecule has 0 aromatic heterocycles. The molecule has 192 valence electrons. The Kier molecular flexibility index (Phi) is 13.4. The number of amidine groups is 1. The second kappa shape index (κ2) is 15.7. The lowest BCUT2D eigenvalue weighted by molar-refractivity contribution is -0.129. The monoisotopic (exact) mass is 479 g/mol. The standard InChI is InChI=1S/C25H33N5O.2C2H6/c1-4-9-21(19-11-6-5-7-12-19)28-24(26)20-13-8-10-18(14-20)16-30-23(31)15-22(17(2)3)29-25(30)27;2*1-2/h5-8,10-14,17,21-22H,4,9,15-16H2,1-3H3,(H2,26,28)(H2,27,29);2*1-2H3/t21-,22?;;/m0../s1. The molecule has 1 heterocycles. The first-order valence-corrected chi connectivity index (χ1v) is 13.0. The highest BCUT2D eigenvalue weighted by Gasteiger charge is 2.29. The molecule has 35 heavy (non-hydrogen) atoms. The molecular formula is C29H45N5O. The van der Waals surface area contributed by atoms with Crippen LogP contribution in [0.5, 0.6) is 0 Å². The van der Waals surface area contributed by atoms with E-state index in [0.29, 0.717) is 18.8 Å². The number of guanidine groups is 1. The van der Waals surface area contributed by atoms with Crippen molar-refractivity contribution in [1.29, 1.82) is 0 Å². The quantitative estimate of drug-likeness (QED) is 0.356. The van der Waals surface area contributed by atoms with Crippen molar-refractivity contribution >= 4 is 17.7 Å². The van der Waals surface area contributed by atoms with E-state index >= 15 is 0 Å². The first-order valence-electron chi connectivity index (χ1n) is 13.0. The van der Waals surface area contributed by atoms with Crippen LogP contribution in [0.2, 0.25) is 0 Å². The summed E-state index contributed by atoms with van der Waals surface area (Å²) < 4.78 is 0. The fraction of sp³-hybridized carbons (Fsp3) is 0.483. The van der Waals surface area contributed by atoms with E-state index in [1.54, 1.807) is 4.90 Å². The molecule has 0 aliphatic carbocycles. The van der Waals surface area contributed by atoms with Gasteiger partial charge in [0.15, 0.2) is 5.96 Å². The van der Waals surface area contributed by atoms with Gasteiger partial charge in [-0.25, -0.2) is 4.99 Å². The van der Waals surface area contributed by atoms with Crippen molar-refractivity contribution in [3.05, 3.63) is 71.3 Å². The molecule has 4 N–H and O–H groups in total. The zero-order valence-electron chi connectivity index (χ0n) is 22.7. The van der Waals surface area contributed by atoms with E-state index < -0.39 is 0 Å². The number of aliphatic imine (C=N–C) groups is 2. The molecule has 1 aliphatic heterocycles. The molecule has 2 atom stereocenters. The summed E-state index contributed by atoms with van der Waals surface area (Å²) in [5, 5.41) is 0. The number of carbonyl (C=O) groups excluding carboxylic acids is 1. The molecular weight excluding hydrogens is 434 g/mol. The summed E-state index contributed by atoms with van der Waals surface area (Å²) in [5.41, 5.74) is 15.4. The van der Waals surface area contributed by atoms with Crippen molar-refractivity contribution in [2.45, 2.75) is 86.4 Å². The van der Waals surface area contributed by atoms with Gasteiger partial charge in [-0.05, 0) is 29.5 Å². The molecule has 0 saturated heterocycles. The molecule has 0 fully saturated rings. The summed E-state index contributed by atoms with van der Waals surface area (Å²) in [6.45, 7) is 14.6. The van der Waals surface area contributed by atoms with Crippen LogP contribution in [0.3, 0.4) is 0 Å². The van der Waals surface area contributed by atoms with Gasteiger partial charge in [-0.2, -0.15) is 0 Å². The van der Waals surface area contributed by atoms with Crippen LogP contribution in [-0.2, 0) is 11.3 Å². The van der Waals surface area contributed by atoms with Crippen LogP contribution in [-0.4, -0.2) is 28.6 Å². The van der Waals surface area contributed by atoms with Gasteiger partial charge in [0.1, 0.15) is 5.84 Å². The minimum atomic E-state index is -0.0497. The SMILES string of the molecule is CC.CC.CCC[C@H](N=C(N)c1cccc(CN2C(=O)CC(C(C)C)N=C2N)c1)c1ccccc1. The minimum Gasteiger partial charge on any atom is -0.383 e. The smallest absolute Gasteiger partial charge is 0.231 e. The Morgan fingerprint density at radius 3 is 2.31 bits per heavy atom. The Morgan fingerprint density at radius 2 is 1.74 bits per heavy atom. The Bertz CT molecular complexity index is 953. The number of hydrogen-bond acceptors (Lipinski definition) is 4. The van der Waals surface area contributed by atoms with Crippen molar-refractivity contribution in [2.75, 3.05) is 0 Å². The molecule has 0 saturated carbocycles. The van der Waals surface area contributed by atoms with E-state index in [4.69, 9.17) is 16.5 Å². The third-order valence-corrected chi connectivity index (χ3v) is 5.63. The van der Waals surface area contributed by atoms with Crippen LogP contribution < -0.4 is 11.5 Å². The number of nitrogens with zero attached hydrogens (tertiary/aromatic N) is 3. The van der Waals surface area contributed by atoms with Gasteiger partial charge in [0.05, 0.1) is 25.0 Å². The molecule has 0 bridgehead atoms. The molecule has 6 nitrogen and oxygen atoms in total. The predicted molar refractivity (Wildman–Crippen MR) is 149 cm³/mol. The van der Waals surface area contributed by atoms with Crippen LogP contribution in [0.15, 0.2) is 64.6 Å². The zero-order chi connectivity index (χ0) is 26.4. The van der Waals surface area contributed by atoms with Crippen LogP contribution in [0.25, 0.3) is 0 Å². The fourth-order valence-electron chi connectivity index (χ4n) is 3.76. The summed E-state index contributed by atoms with van der Waals surface area (Å²) >= 11 is 0. The summed E-state index contributed by atoms with van der Waals surface area (Å²) in [6, 6.07) is 18.0. The Labute approximate surface area is 212 Å². The van der Waals surface area contributed by atoms with Crippen LogP contribution in [0.4, 0.5) is 0 Å². The summed E-state index contributed by atoms with van der Waals surface area (Å²) in [6.07, 6.45) is 2.33. The highest BCUT2D eigenvalue weighted by atomic mass is 16.2. The number of hydrogen-bond donors (Lipinski definition) is 2. The number of benzene rings is 2. The van der Waals surface area contributed by atoms with Crippen molar-refractivity contribution in [3.8, 4) is 0 Å². The van der Waals surface area contributed by atoms with Gasteiger partial charge in [-0.15, -0.1) is 0 Å². The van der Waals surface area contributed by atoms with Crippen LogP contribution >= 0.6 is 0 Å². The molecule has 1 amide bonds. The van der Waals surface area contributed by atoms with E-state index in [2.05, 4.69) is 37.9 Å². The average molecular weight is 480 g/mol. The van der Waals surface area contributed by atoms with Gasteiger partial charge < -0.3 is 11.5 Å². The normalized spacial score (nSPS) is 16.5. The lowest BCUT2D eigenvalue weighted by atomic mass is 9.99. The number of nitrogens with two attached hydrogens (primary N) is 2. The molecule has 0 spiro atoms. The fourth-order valence-corrected chi connectivity index (χ4v) is 3.76. The molecule has 6 heteroatoms. The maximum Gasteiger partial charge on any atom is 0.231 e. The Balaban J connectivity index is 0.00000145. The van der Waals surface area contributed by atoms with Crippen molar-refractivity contribution in [3.63, 3.8) is 0 Å². The number of amides is 1. The zero-order valence-corrected chi connectivity index (χ0v) is 22.7. The van der Waals surface area contributed by atoms with Crippen molar-refractivity contribution in [1.82, 2.24) is 4.90 Å². The number of carbonyl (C=O) groups is 1. The van der Waals surface area contributed by atoms with E-state index in [1.807, 2.05) is 70.2 Å². The second-order valence-corrected chi connectivity index (χ2v) is 8.41. The Hall–Kier alpha value is -3.15. The third kappa shape index (κ3) is 8.85. The van der Waals surface area contributed by atoms with Gasteiger partial charge in [0.2, 0.25) is 5.91 Å². The average Bonchev–Trinajstić information content (AvgIpc) is 2.89. The van der Waals surface area contributed by atoms with Gasteiger partial charge in [-0.3, -0.25) is 14.7 Å². The van der Waals surface area contributed by atoms with E-state index in [9.17, 15) is 4.79 Å². The lowest BCUT2D eigenvalue weighted by Gasteiger charge is -2.30. The summed E-state index contributed by atoms with van der Waals surface area (Å²) in [7, 11) is 0.